The molecular weight excluding hydrogens is 383 g/mol. The number of hydrogen-bond donors (Lipinski definition) is 0. The first kappa shape index (κ1) is 29.1. The Kier molecular flexibility index (Phi) is 18.9. The minimum absolute atomic E-state index is 0.114. The van der Waals surface area contributed by atoms with E-state index in [1.165, 1.54) is 57.8 Å². The molecule has 0 rings (SSSR count). The molecular formula is C24H51O4P. The van der Waals surface area contributed by atoms with Gasteiger partial charge < -0.3 is 0 Å². The molecule has 5 heteroatoms. The fourth-order valence-corrected chi connectivity index (χ4v) is 5.26. The number of phosphoric ester groups is 1. The fraction of sp³-hybridized carbons (Fsp3) is 1.00. The molecule has 0 aromatic carbocycles. The molecule has 0 aliphatic carbocycles. The van der Waals surface area contributed by atoms with Crippen molar-refractivity contribution < 1.29 is 18.1 Å². The van der Waals surface area contributed by atoms with E-state index in [0.717, 1.165) is 38.5 Å². The maximum Gasteiger partial charge on any atom is 0.475 e. The lowest BCUT2D eigenvalue weighted by atomic mass is 10.1. The predicted molar refractivity (Wildman–Crippen MR) is 126 cm³/mol. The van der Waals surface area contributed by atoms with Crippen molar-refractivity contribution >= 4 is 7.82 Å². The van der Waals surface area contributed by atoms with Crippen molar-refractivity contribution in [1.82, 2.24) is 0 Å². The third kappa shape index (κ3) is 17.5. The Balaban J connectivity index is 4.67. The van der Waals surface area contributed by atoms with Crippen molar-refractivity contribution in [2.75, 3.05) is 0 Å². The molecule has 0 heterocycles. The molecule has 176 valence electrons. The topological polar surface area (TPSA) is 44.8 Å². The van der Waals surface area contributed by atoms with Crippen LogP contribution in [-0.4, -0.2) is 18.3 Å². The summed E-state index contributed by atoms with van der Waals surface area (Å²) < 4.78 is 31.2. The van der Waals surface area contributed by atoms with Gasteiger partial charge in [0.25, 0.3) is 0 Å². The average molecular weight is 435 g/mol. The summed E-state index contributed by atoms with van der Waals surface area (Å²) in [5, 5.41) is 0. The van der Waals surface area contributed by atoms with E-state index < -0.39 is 7.82 Å². The first-order valence-corrected chi connectivity index (χ1v) is 14.0. The van der Waals surface area contributed by atoms with Crippen LogP contribution in [0.5, 0.6) is 0 Å². The van der Waals surface area contributed by atoms with Crippen LogP contribution in [0.25, 0.3) is 0 Å². The van der Waals surface area contributed by atoms with Gasteiger partial charge in [0, 0.05) is 0 Å². The van der Waals surface area contributed by atoms with Gasteiger partial charge in [-0.2, -0.15) is 0 Å². The van der Waals surface area contributed by atoms with Crippen molar-refractivity contribution in [3.63, 3.8) is 0 Å². The first-order chi connectivity index (χ1) is 13.9. The molecule has 0 fully saturated rings. The molecule has 3 unspecified atom stereocenters. The molecule has 0 saturated heterocycles. The zero-order valence-electron chi connectivity index (χ0n) is 20.4. The summed E-state index contributed by atoms with van der Waals surface area (Å²) in [6.45, 7) is 12.6. The monoisotopic (exact) mass is 434 g/mol. The lowest BCUT2D eigenvalue weighted by Gasteiger charge is -2.27. The van der Waals surface area contributed by atoms with Gasteiger partial charge in [-0.15, -0.1) is 0 Å². The maximum absolute atomic E-state index is 13.4. The zero-order chi connectivity index (χ0) is 22.0. The quantitative estimate of drug-likeness (QED) is 0.133. The summed E-state index contributed by atoms with van der Waals surface area (Å²) >= 11 is 0. The second kappa shape index (κ2) is 18.8. The molecule has 0 saturated carbocycles. The molecule has 0 aliphatic heterocycles. The van der Waals surface area contributed by atoms with Gasteiger partial charge in [-0.3, -0.25) is 13.6 Å². The van der Waals surface area contributed by atoms with Crippen LogP contribution in [0.1, 0.15) is 138 Å². The van der Waals surface area contributed by atoms with Crippen LogP contribution in [-0.2, 0) is 18.1 Å². The minimum Gasteiger partial charge on any atom is -0.284 e. The third-order valence-corrected chi connectivity index (χ3v) is 7.17. The van der Waals surface area contributed by atoms with Crippen LogP contribution >= 0.6 is 7.82 Å². The lowest BCUT2D eigenvalue weighted by molar-refractivity contribution is 0.0358. The zero-order valence-corrected chi connectivity index (χ0v) is 21.3. The van der Waals surface area contributed by atoms with E-state index in [2.05, 4.69) is 20.8 Å². The fourth-order valence-electron chi connectivity index (χ4n) is 3.47. The van der Waals surface area contributed by atoms with E-state index in [0.29, 0.717) is 0 Å². The van der Waals surface area contributed by atoms with Crippen LogP contribution in [0.2, 0.25) is 0 Å². The normalized spacial score (nSPS) is 17.0. The molecule has 0 bridgehead atoms. The Morgan fingerprint density at radius 2 is 0.793 bits per heavy atom. The second-order valence-electron chi connectivity index (χ2n) is 8.74. The largest absolute Gasteiger partial charge is 0.475 e. The second-order valence-corrected chi connectivity index (χ2v) is 10.3. The van der Waals surface area contributed by atoms with Gasteiger partial charge in [0.15, 0.2) is 0 Å². The summed E-state index contributed by atoms with van der Waals surface area (Å²) in [5.74, 6) is 0. The Morgan fingerprint density at radius 1 is 0.517 bits per heavy atom. The van der Waals surface area contributed by atoms with Crippen LogP contribution < -0.4 is 0 Å². The molecule has 29 heavy (non-hydrogen) atoms. The molecule has 0 aromatic rings. The molecule has 0 amide bonds. The first-order valence-electron chi connectivity index (χ1n) is 12.5. The van der Waals surface area contributed by atoms with Crippen LogP contribution in [0.15, 0.2) is 0 Å². The third-order valence-electron chi connectivity index (χ3n) is 5.32. The summed E-state index contributed by atoms with van der Waals surface area (Å²) in [5.41, 5.74) is 0. The van der Waals surface area contributed by atoms with Crippen LogP contribution in [0.4, 0.5) is 0 Å². The van der Waals surface area contributed by atoms with E-state index >= 15 is 0 Å². The van der Waals surface area contributed by atoms with E-state index in [1.807, 2.05) is 20.8 Å². The van der Waals surface area contributed by atoms with Crippen LogP contribution in [0, 0.1) is 0 Å². The van der Waals surface area contributed by atoms with Gasteiger partial charge >= 0.3 is 7.82 Å². The van der Waals surface area contributed by atoms with Crippen molar-refractivity contribution in [1.29, 1.82) is 0 Å². The summed E-state index contributed by atoms with van der Waals surface area (Å²) in [6.07, 6.45) is 16.5. The summed E-state index contributed by atoms with van der Waals surface area (Å²) in [7, 11) is -3.55. The Labute approximate surface area is 182 Å². The molecule has 0 spiro atoms. The average Bonchev–Trinajstić information content (AvgIpc) is 2.65. The highest BCUT2D eigenvalue weighted by Gasteiger charge is 2.33. The maximum atomic E-state index is 13.4. The standard InChI is InChI=1S/C24H51O4P/c1-7-10-13-16-19-22(4)26-29(25,27-23(5)20-17-14-11-8-2)28-24(6)21-18-15-12-9-3/h22-24H,7-21H2,1-6H3. The van der Waals surface area contributed by atoms with E-state index in [9.17, 15) is 4.57 Å². The van der Waals surface area contributed by atoms with Gasteiger partial charge in [0.2, 0.25) is 0 Å². The predicted octanol–water partition coefficient (Wildman–Crippen LogP) is 9.22. The number of unbranched alkanes of at least 4 members (excludes halogenated alkanes) is 9. The highest BCUT2D eigenvalue weighted by atomic mass is 31.2. The van der Waals surface area contributed by atoms with Gasteiger partial charge in [-0.25, -0.2) is 4.57 Å². The van der Waals surface area contributed by atoms with Crippen molar-refractivity contribution in [2.45, 2.75) is 156 Å². The number of phosphoric acid groups is 1. The molecule has 0 aromatic heterocycles. The van der Waals surface area contributed by atoms with E-state index in [1.54, 1.807) is 0 Å². The van der Waals surface area contributed by atoms with E-state index in [4.69, 9.17) is 13.6 Å². The highest BCUT2D eigenvalue weighted by molar-refractivity contribution is 7.48. The summed E-state index contributed by atoms with van der Waals surface area (Å²) in [6, 6.07) is 0. The van der Waals surface area contributed by atoms with Gasteiger partial charge in [0.05, 0.1) is 18.3 Å². The molecule has 0 aliphatic rings. The number of rotatable bonds is 21. The van der Waals surface area contributed by atoms with Gasteiger partial charge in [-0.1, -0.05) is 97.8 Å². The molecule has 3 atom stereocenters. The van der Waals surface area contributed by atoms with Crippen molar-refractivity contribution in [3.8, 4) is 0 Å². The number of hydrogen-bond acceptors (Lipinski definition) is 4. The Morgan fingerprint density at radius 3 is 1.03 bits per heavy atom. The van der Waals surface area contributed by atoms with E-state index in [-0.39, 0.29) is 18.3 Å². The Bertz CT molecular complexity index is 345. The lowest BCUT2D eigenvalue weighted by Crippen LogP contribution is -2.17. The highest BCUT2D eigenvalue weighted by Crippen LogP contribution is 2.54. The minimum atomic E-state index is -3.55. The van der Waals surface area contributed by atoms with Crippen molar-refractivity contribution in [3.05, 3.63) is 0 Å². The van der Waals surface area contributed by atoms with Gasteiger partial charge in [-0.05, 0) is 40.0 Å². The van der Waals surface area contributed by atoms with Crippen molar-refractivity contribution in [2.24, 2.45) is 0 Å². The molecule has 0 N–H and O–H groups in total. The molecule has 0 radical (unpaired) electrons. The van der Waals surface area contributed by atoms with Crippen LogP contribution in [0.3, 0.4) is 0 Å². The smallest absolute Gasteiger partial charge is 0.284 e. The Hall–Kier alpha value is 0.110. The SMILES string of the molecule is CCCCCCC(C)OP(=O)(OC(C)CCCCCC)OC(C)CCCCCC. The summed E-state index contributed by atoms with van der Waals surface area (Å²) in [4.78, 5) is 0. The van der Waals surface area contributed by atoms with Gasteiger partial charge in [0.1, 0.15) is 0 Å². The molecule has 4 nitrogen and oxygen atoms in total.